The quantitative estimate of drug-likeness (QED) is 0.567. The molecule has 0 aliphatic carbocycles. The standard InChI is InChI=1S/C11H26N2/c1-5-7-13-11(4)9-12-8-6-10(2)3/h10-13H,5-9H2,1-4H3. The predicted octanol–water partition coefficient (Wildman–Crippen LogP) is 2.01. The lowest BCUT2D eigenvalue weighted by Gasteiger charge is -2.14. The van der Waals surface area contributed by atoms with Crippen LogP contribution >= 0.6 is 0 Å². The first-order valence-corrected chi connectivity index (χ1v) is 5.60. The van der Waals surface area contributed by atoms with Gasteiger partial charge < -0.3 is 10.6 Å². The van der Waals surface area contributed by atoms with E-state index in [9.17, 15) is 0 Å². The molecule has 0 heterocycles. The Hall–Kier alpha value is -0.0800. The Morgan fingerprint density at radius 1 is 1.08 bits per heavy atom. The number of rotatable bonds is 8. The Morgan fingerprint density at radius 3 is 2.31 bits per heavy atom. The van der Waals surface area contributed by atoms with Crippen molar-refractivity contribution in [1.29, 1.82) is 0 Å². The lowest BCUT2D eigenvalue weighted by Crippen LogP contribution is -2.37. The van der Waals surface area contributed by atoms with Gasteiger partial charge in [0.2, 0.25) is 0 Å². The lowest BCUT2D eigenvalue weighted by atomic mass is 10.1. The zero-order valence-corrected chi connectivity index (χ0v) is 9.69. The molecule has 2 nitrogen and oxygen atoms in total. The van der Waals surface area contributed by atoms with Crippen molar-refractivity contribution >= 4 is 0 Å². The van der Waals surface area contributed by atoms with E-state index in [1.165, 1.54) is 12.8 Å². The zero-order chi connectivity index (χ0) is 10.1. The van der Waals surface area contributed by atoms with Crippen LogP contribution in [0.15, 0.2) is 0 Å². The van der Waals surface area contributed by atoms with E-state index in [2.05, 4.69) is 38.3 Å². The molecule has 0 radical (unpaired) electrons. The molecule has 0 aromatic carbocycles. The van der Waals surface area contributed by atoms with E-state index >= 15 is 0 Å². The van der Waals surface area contributed by atoms with Gasteiger partial charge in [-0.05, 0) is 38.8 Å². The van der Waals surface area contributed by atoms with E-state index in [1.807, 2.05) is 0 Å². The van der Waals surface area contributed by atoms with Crippen molar-refractivity contribution in [2.45, 2.75) is 46.6 Å². The summed E-state index contributed by atoms with van der Waals surface area (Å²) in [4.78, 5) is 0. The van der Waals surface area contributed by atoms with Gasteiger partial charge in [-0.1, -0.05) is 20.8 Å². The second kappa shape index (κ2) is 8.52. The van der Waals surface area contributed by atoms with Gasteiger partial charge in [0.05, 0.1) is 0 Å². The Balaban J connectivity index is 3.12. The molecule has 0 saturated carbocycles. The number of nitrogens with one attached hydrogen (secondary N) is 2. The van der Waals surface area contributed by atoms with Crippen LogP contribution in [0.1, 0.15) is 40.5 Å². The molecule has 0 aliphatic heterocycles. The fourth-order valence-electron chi connectivity index (χ4n) is 1.17. The Morgan fingerprint density at radius 2 is 1.77 bits per heavy atom. The van der Waals surface area contributed by atoms with E-state index in [1.54, 1.807) is 0 Å². The van der Waals surface area contributed by atoms with E-state index in [-0.39, 0.29) is 0 Å². The molecule has 0 rings (SSSR count). The summed E-state index contributed by atoms with van der Waals surface area (Å²) in [5.74, 6) is 0.811. The van der Waals surface area contributed by atoms with Gasteiger partial charge in [-0.2, -0.15) is 0 Å². The summed E-state index contributed by atoms with van der Waals surface area (Å²) in [6.45, 7) is 12.3. The minimum absolute atomic E-state index is 0.604. The van der Waals surface area contributed by atoms with Gasteiger partial charge in [0.1, 0.15) is 0 Å². The topological polar surface area (TPSA) is 24.1 Å². The van der Waals surface area contributed by atoms with Crippen molar-refractivity contribution in [1.82, 2.24) is 10.6 Å². The van der Waals surface area contributed by atoms with Crippen LogP contribution < -0.4 is 10.6 Å². The van der Waals surface area contributed by atoms with Gasteiger partial charge in [-0.25, -0.2) is 0 Å². The second-order valence-corrected chi connectivity index (χ2v) is 4.24. The van der Waals surface area contributed by atoms with Crippen LogP contribution in [0.25, 0.3) is 0 Å². The van der Waals surface area contributed by atoms with Crippen molar-refractivity contribution < 1.29 is 0 Å². The molecule has 0 aromatic heterocycles. The molecule has 0 aliphatic rings. The summed E-state index contributed by atoms with van der Waals surface area (Å²) in [5, 5.41) is 6.92. The summed E-state index contributed by atoms with van der Waals surface area (Å²) in [5.41, 5.74) is 0. The predicted molar refractivity (Wildman–Crippen MR) is 60.1 cm³/mol. The lowest BCUT2D eigenvalue weighted by molar-refractivity contribution is 0.475. The first-order chi connectivity index (χ1) is 6.16. The summed E-state index contributed by atoms with van der Waals surface area (Å²) in [7, 11) is 0. The summed E-state index contributed by atoms with van der Waals surface area (Å²) in [6.07, 6.45) is 2.50. The monoisotopic (exact) mass is 186 g/mol. The summed E-state index contributed by atoms with van der Waals surface area (Å²) in [6, 6.07) is 0.604. The largest absolute Gasteiger partial charge is 0.315 e. The average Bonchev–Trinajstić information content (AvgIpc) is 2.08. The van der Waals surface area contributed by atoms with Gasteiger partial charge in [0.15, 0.2) is 0 Å². The molecule has 80 valence electrons. The SMILES string of the molecule is CCCNC(C)CNCCC(C)C. The second-order valence-electron chi connectivity index (χ2n) is 4.24. The van der Waals surface area contributed by atoms with Gasteiger partial charge in [0, 0.05) is 12.6 Å². The highest BCUT2D eigenvalue weighted by atomic mass is 15.0. The van der Waals surface area contributed by atoms with Crippen LogP contribution in [0.5, 0.6) is 0 Å². The maximum absolute atomic E-state index is 3.46. The molecule has 13 heavy (non-hydrogen) atoms. The third kappa shape index (κ3) is 9.84. The number of hydrogen-bond acceptors (Lipinski definition) is 2. The number of hydrogen-bond donors (Lipinski definition) is 2. The molecule has 0 saturated heterocycles. The zero-order valence-electron chi connectivity index (χ0n) is 9.69. The van der Waals surface area contributed by atoms with E-state index in [0.717, 1.165) is 25.6 Å². The molecule has 0 fully saturated rings. The van der Waals surface area contributed by atoms with Gasteiger partial charge in [-0.15, -0.1) is 0 Å². The van der Waals surface area contributed by atoms with Gasteiger partial charge in [0.25, 0.3) is 0 Å². The Kier molecular flexibility index (Phi) is 8.46. The maximum Gasteiger partial charge on any atom is 0.0164 e. The first kappa shape index (κ1) is 12.9. The van der Waals surface area contributed by atoms with Crippen molar-refractivity contribution in [2.24, 2.45) is 5.92 Å². The molecule has 0 bridgehead atoms. The van der Waals surface area contributed by atoms with Crippen molar-refractivity contribution in [3.8, 4) is 0 Å². The van der Waals surface area contributed by atoms with E-state index in [4.69, 9.17) is 0 Å². The third-order valence-corrected chi connectivity index (χ3v) is 2.09. The first-order valence-electron chi connectivity index (χ1n) is 5.60. The highest BCUT2D eigenvalue weighted by molar-refractivity contribution is 4.63. The Labute approximate surface area is 83.5 Å². The van der Waals surface area contributed by atoms with Crippen LogP contribution in [-0.4, -0.2) is 25.7 Å². The maximum atomic E-state index is 3.46. The van der Waals surface area contributed by atoms with Crippen LogP contribution in [0.3, 0.4) is 0 Å². The van der Waals surface area contributed by atoms with Crippen LogP contribution in [0.2, 0.25) is 0 Å². The van der Waals surface area contributed by atoms with Gasteiger partial charge >= 0.3 is 0 Å². The molecule has 0 spiro atoms. The normalized spacial score (nSPS) is 13.6. The van der Waals surface area contributed by atoms with Crippen molar-refractivity contribution in [3.05, 3.63) is 0 Å². The molecular weight excluding hydrogens is 160 g/mol. The molecule has 0 aromatic rings. The van der Waals surface area contributed by atoms with E-state index < -0.39 is 0 Å². The molecule has 2 heteroatoms. The Bertz CT molecular complexity index is 102. The van der Waals surface area contributed by atoms with Gasteiger partial charge in [-0.3, -0.25) is 0 Å². The molecule has 2 N–H and O–H groups in total. The van der Waals surface area contributed by atoms with Crippen LogP contribution in [0.4, 0.5) is 0 Å². The fourth-order valence-corrected chi connectivity index (χ4v) is 1.17. The molecular formula is C11H26N2. The fraction of sp³-hybridized carbons (Fsp3) is 1.00. The van der Waals surface area contributed by atoms with Crippen molar-refractivity contribution in [2.75, 3.05) is 19.6 Å². The van der Waals surface area contributed by atoms with Crippen LogP contribution in [0, 0.1) is 5.92 Å². The smallest absolute Gasteiger partial charge is 0.0164 e. The van der Waals surface area contributed by atoms with Crippen molar-refractivity contribution in [3.63, 3.8) is 0 Å². The van der Waals surface area contributed by atoms with Crippen LogP contribution in [-0.2, 0) is 0 Å². The van der Waals surface area contributed by atoms with E-state index in [0.29, 0.717) is 6.04 Å². The summed E-state index contributed by atoms with van der Waals surface area (Å²) < 4.78 is 0. The minimum Gasteiger partial charge on any atom is -0.315 e. The molecule has 1 unspecified atom stereocenters. The molecule has 0 amide bonds. The average molecular weight is 186 g/mol. The highest BCUT2D eigenvalue weighted by Gasteiger charge is 1.99. The minimum atomic E-state index is 0.604. The third-order valence-electron chi connectivity index (χ3n) is 2.09. The summed E-state index contributed by atoms with van der Waals surface area (Å²) >= 11 is 0. The molecule has 1 atom stereocenters. The highest BCUT2D eigenvalue weighted by Crippen LogP contribution is 1.96.